The van der Waals surface area contributed by atoms with Gasteiger partial charge in [0, 0.05) is 37.4 Å². The van der Waals surface area contributed by atoms with E-state index in [2.05, 4.69) is 38.1 Å². The molecule has 1 aliphatic heterocycles. The molecule has 1 N–H and O–H groups in total. The van der Waals surface area contributed by atoms with Crippen molar-refractivity contribution in [3.63, 3.8) is 0 Å². The standard InChI is InChI=1S/C22H24N4O2S/c1-27-15-14-25-13-5-7-19(25)21-20(18-6-3-4-12-23-18)24-22(29)26(21)16-8-10-17(28-2)11-9-16/h3-13,20-21H,14-15H2,1-2H3,(H,24,29)/t20-,21-/m1/s1. The number of anilines is 1. The highest BCUT2D eigenvalue weighted by atomic mass is 32.1. The van der Waals surface area contributed by atoms with E-state index in [1.807, 2.05) is 48.7 Å². The Morgan fingerprint density at radius 3 is 2.59 bits per heavy atom. The van der Waals surface area contributed by atoms with Crippen molar-refractivity contribution >= 4 is 23.0 Å². The minimum atomic E-state index is -0.0676. The third kappa shape index (κ3) is 3.83. The smallest absolute Gasteiger partial charge is 0.174 e. The van der Waals surface area contributed by atoms with E-state index < -0.39 is 0 Å². The number of thiocarbonyl (C=S) groups is 1. The first kappa shape index (κ1) is 19.4. The average molecular weight is 409 g/mol. The molecule has 150 valence electrons. The molecule has 0 aliphatic carbocycles. The third-order valence-corrected chi connectivity index (χ3v) is 5.47. The fraction of sp³-hybridized carbons (Fsp3) is 0.273. The van der Waals surface area contributed by atoms with Gasteiger partial charge in [0.1, 0.15) is 11.8 Å². The quantitative estimate of drug-likeness (QED) is 0.602. The molecule has 0 unspecified atom stereocenters. The number of rotatable bonds is 7. The Labute approximate surface area is 176 Å². The lowest BCUT2D eigenvalue weighted by atomic mass is 10.0. The number of benzene rings is 1. The molecule has 1 aliphatic rings. The summed E-state index contributed by atoms with van der Waals surface area (Å²) >= 11 is 5.76. The first-order chi connectivity index (χ1) is 14.2. The van der Waals surface area contributed by atoms with Crippen molar-refractivity contribution in [1.29, 1.82) is 0 Å². The lowest BCUT2D eigenvalue weighted by Crippen LogP contribution is -2.30. The van der Waals surface area contributed by atoms with Crippen molar-refractivity contribution < 1.29 is 9.47 Å². The molecular weight excluding hydrogens is 384 g/mol. The van der Waals surface area contributed by atoms with Crippen molar-refractivity contribution in [1.82, 2.24) is 14.9 Å². The van der Waals surface area contributed by atoms with Gasteiger partial charge >= 0.3 is 0 Å². The van der Waals surface area contributed by atoms with Gasteiger partial charge in [-0.3, -0.25) is 4.98 Å². The first-order valence-corrected chi connectivity index (χ1v) is 9.92. The summed E-state index contributed by atoms with van der Waals surface area (Å²) < 4.78 is 12.8. The van der Waals surface area contributed by atoms with E-state index in [-0.39, 0.29) is 12.1 Å². The molecule has 7 heteroatoms. The summed E-state index contributed by atoms with van der Waals surface area (Å²) in [4.78, 5) is 6.76. The molecule has 0 bridgehead atoms. The Kier molecular flexibility index (Phi) is 5.78. The zero-order chi connectivity index (χ0) is 20.2. The molecule has 2 atom stereocenters. The van der Waals surface area contributed by atoms with Crippen LogP contribution in [0.3, 0.4) is 0 Å². The third-order valence-electron chi connectivity index (χ3n) is 5.15. The van der Waals surface area contributed by atoms with Crippen LogP contribution in [-0.2, 0) is 11.3 Å². The second kappa shape index (κ2) is 8.63. The van der Waals surface area contributed by atoms with Crippen molar-refractivity contribution in [3.8, 4) is 5.75 Å². The SMILES string of the molecule is COCCn1cccc1[C@@H]1[C@@H](c2ccccn2)NC(=S)N1c1ccc(OC)cc1. The first-order valence-electron chi connectivity index (χ1n) is 9.51. The highest BCUT2D eigenvalue weighted by molar-refractivity contribution is 7.80. The summed E-state index contributed by atoms with van der Waals surface area (Å²) in [5.41, 5.74) is 3.11. The zero-order valence-electron chi connectivity index (χ0n) is 16.5. The molecule has 1 saturated heterocycles. The minimum Gasteiger partial charge on any atom is -0.497 e. The van der Waals surface area contributed by atoms with Gasteiger partial charge in [0.15, 0.2) is 5.11 Å². The molecule has 6 nitrogen and oxygen atoms in total. The van der Waals surface area contributed by atoms with Gasteiger partial charge in [0.05, 0.1) is 25.5 Å². The van der Waals surface area contributed by atoms with Gasteiger partial charge in [-0.2, -0.15) is 0 Å². The summed E-state index contributed by atoms with van der Waals surface area (Å²) in [7, 11) is 3.38. The molecule has 3 heterocycles. The molecule has 0 spiro atoms. The Balaban J connectivity index is 1.78. The van der Waals surface area contributed by atoms with Gasteiger partial charge in [-0.25, -0.2) is 0 Å². The molecule has 0 amide bonds. The second-order valence-electron chi connectivity index (χ2n) is 6.81. The molecule has 0 radical (unpaired) electrons. The minimum absolute atomic E-state index is 0.0438. The highest BCUT2D eigenvalue weighted by Crippen LogP contribution is 2.41. The number of hydrogen-bond acceptors (Lipinski definition) is 4. The number of hydrogen-bond donors (Lipinski definition) is 1. The number of methoxy groups -OCH3 is 2. The molecule has 1 fully saturated rings. The Morgan fingerprint density at radius 1 is 1.07 bits per heavy atom. The summed E-state index contributed by atoms with van der Waals surface area (Å²) in [5, 5.41) is 4.16. The molecule has 0 saturated carbocycles. The molecule has 2 aromatic heterocycles. The van der Waals surface area contributed by atoms with Crippen LogP contribution in [0.5, 0.6) is 5.75 Å². The summed E-state index contributed by atoms with van der Waals surface area (Å²) in [6, 6.07) is 18.0. The van der Waals surface area contributed by atoms with E-state index in [0.717, 1.165) is 29.4 Å². The number of pyridine rings is 1. The van der Waals surface area contributed by atoms with Crippen LogP contribution in [0.15, 0.2) is 67.0 Å². The van der Waals surface area contributed by atoms with Crippen LogP contribution in [0.2, 0.25) is 0 Å². The van der Waals surface area contributed by atoms with E-state index >= 15 is 0 Å². The van der Waals surface area contributed by atoms with Gasteiger partial charge in [-0.05, 0) is 60.7 Å². The van der Waals surface area contributed by atoms with E-state index in [1.165, 1.54) is 0 Å². The zero-order valence-corrected chi connectivity index (χ0v) is 17.3. The fourth-order valence-corrected chi connectivity index (χ4v) is 4.11. The summed E-state index contributed by atoms with van der Waals surface area (Å²) in [6.45, 7) is 1.41. The van der Waals surface area contributed by atoms with E-state index in [0.29, 0.717) is 11.7 Å². The average Bonchev–Trinajstić information content (AvgIpc) is 3.36. The second-order valence-corrected chi connectivity index (χ2v) is 7.20. The van der Waals surface area contributed by atoms with Crippen LogP contribution in [0.4, 0.5) is 5.69 Å². The van der Waals surface area contributed by atoms with E-state index in [9.17, 15) is 0 Å². The Bertz CT molecular complexity index is 958. The number of nitrogens with one attached hydrogen (secondary N) is 1. The Morgan fingerprint density at radius 2 is 1.90 bits per heavy atom. The van der Waals surface area contributed by atoms with E-state index in [4.69, 9.17) is 21.7 Å². The van der Waals surface area contributed by atoms with Gasteiger partial charge in [-0.1, -0.05) is 6.07 Å². The van der Waals surface area contributed by atoms with E-state index in [1.54, 1.807) is 14.2 Å². The van der Waals surface area contributed by atoms with Gasteiger partial charge < -0.3 is 24.3 Å². The molecule has 1 aromatic carbocycles. The maximum atomic E-state index is 5.76. The molecular formula is C22H24N4O2S. The van der Waals surface area contributed by atoms with Gasteiger partial charge in [0.25, 0.3) is 0 Å². The van der Waals surface area contributed by atoms with Gasteiger partial charge in [-0.15, -0.1) is 0 Å². The van der Waals surface area contributed by atoms with Crippen molar-refractivity contribution in [2.45, 2.75) is 18.6 Å². The van der Waals surface area contributed by atoms with Crippen LogP contribution in [0.1, 0.15) is 23.5 Å². The Hall–Kier alpha value is -2.90. The van der Waals surface area contributed by atoms with Crippen LogP contribution in [0.25, 0.3) is 0 Å². The molecule has 4 rings (SSSR count). The van der Waals surface area contributed by atoms with Crippen molar-refractivity contribution in [2.24, 2.45) is 0 Å². The monoisotopic (exact) mass is 408 g/mol. The largest absolute Gasteiger partial charge is 0.497 e. The number of ether oxygens (including phenoxy) is 2. The number of nitrogens with zero attached hydrogens (tertiary/aromatic N) is 3. The number of aromatic nitrogens is 2. The van der Waals surface area contributed by atoms with Gasteiger partial charge in [0.2, 0.25) is 0 Å². The van der Waals surface area contributed by atoms with Crippen molar-refractivity contribution in [3.05, 3.63) is 78.4 Å². The molecule has 3 aromatic rings. The predicted molar refractivity (Wildman–Crippen MR) is 117 cm³/mol. The topological polar surface area (TPSA) is 51.5 Å². The molecule has 29 heavy (non-hydrogen) atoms. The predicted octanol–water partition coefficient (Wildman–Crippen LogP) is 3.72. The lowest BCUT2D eigenvalue weighted by Gasteiger charge is -2.29. The lowest BCUT2D eigenvalue weighted by molar-refractivity contribution is 0.186. The normalized spacial score (nSPS) is 18.7. The summed E-state index contributed by atoms with van der Waals surface area (Å²) in [6.07, 6.45) is 3.90. The van der Waals surface area contributed by atoms with Crippen molar-refractivity contribution in [2.75, 3.05) is 25.7 Å². The maximum absolute atomic E-state index is 5.76. The fourth-order valence-electron chi connectivity index (χ4n) is 3.77. The van der Waals surface area contributed by atoms with Crippen LogP contribution >= 0.6 is 12.2 Å². The maximum Gasteiger partial charge on any atom is 0.174 e. The summed E-state index contributed by atoms with van der Waals surface area (Å²) in [5.74, 6) is 0.813. The van der Waals surface area contributed by atoms with Crippen LogP contribution < -0.4 is 15.0 Å². The highest BCUT2D eigenvalue weighted by Gasteiger charge is 2.41. The van der Waals surface area contributed by atoms with Crippen LogP contribution in [0, 0.1) is 0 Å². The van der Waals surface area contributed by atoms with Crippen LogP contribution in [-0.4, -0.2) is 35.5 Å².